The van der Waals surface area contributed by atoms with Crippen LogP contribution in [0.4, 0.5) is 23.3 Å². The highest BCUT2D eigenvalue weighted by Crippen LogP contribution is 2.25. The number of rotatable bonds is 10. The highest BCUT2D eigenvalue weighted by molar-refractivity contribution is 5.99. The average Bonchev–Trinajstić information content (AvgIpc) is 3.71. The van der Waals surface area contributed by atoms with Crippen molar-refractivity contribution >= 4 is 29.2 Å². The van der Waals surface area contributed by atoms with Gasteiger partial charge in [0, 0.05) is 37.1 Å². The molecule has 0 radical (unpaired) electrons. The van der Waals surface area contributed by atoms with E-state index in [0.717, 1.165) is 56.8 Å². The SMILES string of the molecule is CCN(Cc1cccc(Nc2nc(Nc3ccc4c(c3)CNCC4)ncc2C(=O)NC2CC2)n1)C(C)C. The number of carbonyl (C=O) groups is 1. The first-order valence-electron chi connectivity index (χ1n) is 13.2. The Labute approximate surface area is 218 Å². The van der Waals surface area contributed by atoms with E-state index in [2.05, 4.69) is 64.1 Å². The van der Waals surface area contributed by atoms with E-state index in [4.69, 9.17) is 9.97 Å². The number of nitrogens with zero attached hydrogens (tertiary/aromatic N) is 4. The number of fused-ring (bicyclic) bond motifs is 1. The van der Waals surface area contributed by atoms with Crippen molar-refractivity contribution in [2.75, 3.05) is 23.7 Å². The molecular formula is C28H36N8O. The Morgan fingerprint density at radius 1 is 1.14 bits per heavy atom. The fourth-order valence-electron chi connectivity index (χ4n) is 4.51. The first-order chi connectivity index (χ1) is 18.0. The van der Waals surface area contributed by atoms with Crippen molar-refractivity contribution in [2.24, 2.45) is 0 Å². The predicted octanol–water partition coefficient (Wildman–Crippen LogP) is 4.13. The van der Waals surface area contributed by atoms with Gasteiger partial charge in [0.1, 0.15) is 17.2 Å². The number of amides is 1. The van der Waals surface area contributed by atoms with Crippen molar-refractivity contribution < 1.29 is 4.79 Å². The summed E-state index contributed by atoms with van der Waals surface area (Å²) < 4.78 is 0. The third-order valence-electron chi connectivity index (χ3n) is 6.85. The van der Waals surface area contributed by atoms with Crippen molar-refractivity contribution in [2.45, 2.75) is 65.2 Å². The van der Waals surface area contributed by atoms with Crippen LogP contribution in [0, 0.1) is 0 Å². The summed E-state index contributed by atoms with van der Waals surface area (Å²) in [5.41, 5.74) is 4.91. The summed E-state index contributed by atoms with van der Waals surface area (Å²) in [4.78, 5) is 29.3. The molecule has 37 heavy (non-hydrogen) atoms. The molecule has 2 aliphatic rings. The highest BCUT2D eigenvalue weighted by Gasteiger charge is 2.26. The summed E-state index contributed by atoms with van der Waals surface area (Å²) in [6.45, 7) is 10.1. The molecule has 1 saturated carbocycles. The smallest absolute Gasteiger partial charge is 0.256 e. The highest BCUT2D eigenvalue weighted by atomic mass is 16.1. The lowest BCUT2D eigenvalue weighted by Gasteiger charge is -2.24. The van der Waals surface area contributed by atoms with Crippen LogP contribution < -0.4 is 21.3 Å². The summed E-state index contributed by atoms with van der Waals surface area (Å²) in [6, 6.07) is 12.9. The molecule has 1 aliphatic heterocycles. The minimum atomic E-state index is -0.176. The Morgan fingerprint density at radius 3 is 2.78 bits per heavy atom. The van der Waals surface area contributed by atoms with Crippen LogP contribution in [0.25, 0.3) is 0 Å². The van der Waals surface area contributed by atoms with E-state index in [0.29, 0.717) is 29.2 Å². The van der Waals surface area contributed by atoms with Crippen LogP contribution in [-0.2, 0) is 19.5 Å². The molecule has 1 fully saturated rings. The molecule has 0 bridgehead atoms. The topological polar surface area (TPSA) is 107 Å². The molecular weight excluding hydrogens is 464 g/mol. The maximum absolute atomic E-state index is 13.0. The van der Waals surface area contributed by atoms with Gasteiger partial charge in [-0.3, -0.25) is 9.69 Å². The Morgan fingerprint density at radius 2 is 2.00 bits per heavy atom. The van der Waals surface area contributed by atoms with Gasteiger partial charge in [-0.2, -0.15) is 4.98 Å². The quantitative estimate of drug-likeness (QED) is 0.329. The molecule has 9 heteroatoms. The maximum Gasteiger partial charge on any atom is 0.256 e. The number of pyridine rings is 1. The molecule has 5 rings (SSSR count). The summed E-state index contributed by atoms with van der Waals surface area (Å²) in [5, 5.41) is 13.1. The molecule has 1 aromatic carbocycles. The Balaban J connectivity index is 1.40. The lowest BCUT2D eigenvalue weighted by Crippen LogP contribution is -2.30. The molecule has 1 amide bonds. The molecule has 0 unspecified atom stereocenters. The number of hydrogen-bond acceptors (Lipinski definition) is 8. The van der Waals surface area contributed by atoms with Crippen molar-refractivity contribution in [1.82, 2.24) is 30.5 Å². The summed E-state index contributed by atoms with van der Waals surface area (Å²) >= 11 is 0. The number of hydrogen-bond donors (Lipinski definition) is 4. The lowest BCUT2D eigenvalue weighted by molar-refractivity contribution is 0.0951. The number of benzene rings is 1. The van der Waals surface area contributed by atoms with Gasteiger partial charge in [-0.25, -0.2) is 9.97 Å². The largest absolute Gasteiger partial charge is 0.349 e. The number of anilines is 4. The number of aromatic nitrogens is 3. The predicted molar refractivity (Wildman–Crippen MR) is 146 cm³/mol. The zero-order chi connectivity index (χ0) is 25.8. The van der Waals surface area contributed by atoms with Crippen LogP contribution >= 0.6 is 0 Å². The van der Waals surface area contributed by atoms with Gasteiger partial charge in [0.15, 0.2) is 0 Å². The van der Waals surface area contributed by atoms with Gasteiger partial charge >= 0.3 is 0 Å². The van der Waals surface area contributed by atoms with Crippen molar-refractivity contribution in [3.8, 4) is 0 Å². The fourth-order valence-corrected chi connectivity index (χ4v) is 4.51. The van der Waals surface area contributed by atoms with E-state index >= 15 is 0 Å². The minimum Gasteiger partial charge on any atom is -0.349 e. The van der Waals surface area contributed by atoms with Crippen LogP contribution in [0.15, 0.2) is 42.6 Å². The van der Waals surface area contributed by atoms with E-state index in [-0.39, 0.29) is 11.9 Å². The zero-order valence-corrected chi connectivity index (χ0v) is 21.8. The maximum atomic E-state index is 13.0. The molecule has 0 atom stereocenters. The van der Waals surface area contributed by atoms with Crippen LogP contribution in [0.3, 0.4) is 0 Å². The van der Waals surface area contributed by atoms with Crippen LogP contribution in [0.1, 0.15) is 60.8 Å². The van der Waals surface area contributed by atoms with Gasteiger partial charge < -0.3 is 21.3 Å². The Bertz CT molecular complexity index is 1260. The lowest BCUT2D eigenvalue weighted by atomic mass is 10.0. The van der Waals surface area contributed by atoms with Crippen LogP contribution in [0.5, 0.6) is 0 Å². The van der Waals surface area contributed by atoms with Gasteiger partial charge in [-0.05, 0) is 81.6 Å². The third kappa shape index (κ3) is 6.42. The monoisotopic (exact) mass is 500 g/mol. The molecule has 9 nitrogen and oxygen atoms in total. The fraction of sp³-hybridized carbons (Fsp3) is 0.429. The van der Waals surface area contributed by atoms with Crippen LogP contribution in [-0.4, -0.2) is 50.9 Å². The normalized spacial score (nSPS) is 14.9. The molecule has 2 aromatic heterocycles. The summed E-state index contributed by atoms with van der Waals surface area (Å²) in [5.74, 6) is 1.31. The summed E-state index contributed by atoms with van der Waals surface area (Å²) in [7, 11) is 0. The molecule has 4 N–H and O–H groups in total. The second kappa shape index (κ2) is 11.2. The second-order valence-corrected chi connectivity index (χ2v) is 10.0. The third-order valence-corrected chi connectivity index (χ3v) is 6.85. The van der Waals surface area contributed by atoms with Gasteiger partial charge in [0.2, 0.25) is 5.95 Å². The number of nitrogens with one attached hydrogen (secondary N) is 4. The van der Waals surface area contributed by atoms with Gasteiger partial charge in [-0.1, -0.05) is 19.1 Å². The molecule has 1 aliphatic carbocycles. The Hall–Kier alpha value is -3.56. The Kier molecular flexibility index (Phi) is 7.62. The van der Waals surface area contributed by atoms with E-state index in [9.17, 15) is 4.79 Å². The van der Waals surface area contributed by atoms with Gasteiger partial charge in [0.05, 0.1) is 5.69 Å². The zero-order valence-electron chi connectivity index (χ0n) is 21.8. The van der Waals surface area contributed by atoms with E-state index < -0.39 is 0 Å². The standard InChI is InChI=1S/C28H36N8O/c1-4-36(18(2)3)17-23-6-5-7-25(31-23)34-26-24(27(37)32-21-10-11-21)16-30-28(35-26)33-22-9-8-19-12-13-29-15-20(19)14-22/h5-9,14,16,18,21,29H,4,10-13,15,17H2,1-3H3,(H,32,37)(H2,30,31,33,34,35). The van der Waals surface area contributed by atoms with Gasteiger partial charge in [0.25, 0.3) is 5.91 Å². The van der Waals surface area contributed by atoms with Crippen molar-refractivity contribution in [1.29, 1.82) is 0 Å². The first-order valence-corrected chi connectivity index (χ1v) is 13.2. The molecule has 3 aromatic rings. The molecule has 3 heterocycles. The molecule has 0 saturated heterocycles. The average molecular weight is 501 g/mol. The van der Waals surface area contributed by atoms with Crippen molar-refractivity contribution in [3.63, 3.8) is 0 Å². The van der Waals surface area contributed by atoms with Crippen LogP contribution in [0.2, 0.25) is 0 Å². The minimum absolute atomic E-state index is 0.176. The van der Waals surface area contributed by atoms with E-state index in [1.807, 2.05) is 24.3 Å². The van der Waals surface area contributed by atoms with E-state index in [1.54, 1.807) is 6.20 Å². The number of carbonyl (C=O) groups excluding carboxylic acids is 1. The first kappa shape index (κ1) is 25.1. The molecule has 194 valence electrons. The summed E-state index contributed by atoms with van der Waals surface area (Å²) in [6.07, 6.45) is 4.63. The van der Waals surface area contributed by atoms with Crippen molar-refractivity contribution in [3.05, 3.63) is 65.0 Å². The molecule has 0 spiro atoms. The van der Waals surface area contributed by atoms with E-state index in [1.165, 1.54) is 11.1 Å². The van der Waals surface area contributed by atoms with Gasteiger partial charge in [-0.15, -0.1) is 0 Å². The second-order valence-electron chi connectivity index (χ2n) is 10.0.